The van der Waals surface area contributed by atoms with Gasteiger partial charge in [-0.3, -0.25) is 0 Å². The van der Waals surface area contributed by atoms with E-state index < -0.39 is 10.0 Å². The van der Waals surface area contributed by atoms with E-state index in [9.17, 15) is 8.42 Å². The molecule has 1 fully saturated rings. The van der Waals surface area contributed by atoms with E-state index in [1.807, 2.05) is 19.1 Å². The highest BCUT2D eigenvalue weighted by atomic mass is 32.2. The normalized spacial score (nSPS) is 18.9. The molecule has 0 radical (unpaired) electrons. The lowest BCUT2D eigenvalue weighted by Crippen LogP contribution is -2.52. The molecular formula is C15H24N2O2S. The minimum atomic E-state index is -3.43. The Morgan fingerprint density at radius 2 is 1.80 bits per heavy atom. The largest absolute Gasteiger partial charge is 0.317 e. The zero-order valence-electron chi connectivity index (χ0n) is 12.3. The van der Waals surface area contributed by atoms with Crippen molar-refractivity contribution in [2.24, 2.45) is 0 Å². The Bertz CT molecular complexity index is 531. The van der Waals surface area contributed by atoms with Crippen molar-refractivity contribution in [2.75, 3.05) is 13.1 Å². The average molecular weight is 296 g/mol. The van der Waals surface area contributed by atoms with Gasteiger partial charge in [-0.15, -0.1) is 0 Å². The summed E-state index contributed by atoms with van der Waals surface area (Å²) < 4.78 is 27.8. The van der Waals surface area contributed by atoms with Gasteiger partial charge in [0.1, 0.15) is 0 Å². The highest BCUT2D eigenvalue weighted by Crippen LogP contribution is 2.21. The summed E-state index contributed by atoms with van der Waals surface area (Å²) in [6.45, 7) is 5.81. The maximum atomic E-state index is 12.4. The van der Waals surface area contributed by atoms with Crippen LogP contribution in [0, 0.1) is 0 Å². The molecule has 0 unspecified atom stereocenters. The summed E-state index contributed by atoms with van der Waals surface area (Å²) >= 11 is 0. The highest BCUT2D eigenvalue weighted by molar-refractivity contribution is 7.89. The van der Waals surface area contributed by atoms with Crippen molar-refractivity contribution in [3.05, 3.63) is 29.8 Å². The molecule has 1 heterocycles. The van der Waals surface area contributed by atoms with Crippen LogP contribution in [0.25, 0.3) is 0 Å². The first-order chi connectivity index (χ1) is 9.45. The van der Waals surface area contributed by atoms with E-state index >= 15 is 0 Å². The fraction of sp³-hybridized carbons (Fsp3) is 0.600. The van der Waals surface area contributed by atoms with Crippen molar-refractivity contribution >= 4 is 10.0 Å². The van der Waals surface area contributed by atoms with Crippen LogP contribution in [0.1, 0.15) is 38.7 Å². The van der Waals surface area contributed by atoms with Crippen LogP contribution in [0.3, 0.4) is 0 Å². The van der Waals surface area contributed by atoms with E-state index in [4.69, 9.17) is 0 Å². The smallest absolute Gasteiger partial charge is 0.241 e. The number of piperidine rings is 1. The van der Waals surface area contributed by atoms with Crippen LogP contribution < -0.4 is 10.0 Å². The summed E-state index contributed by atoms with van der Waals surface area (Å²) in [5, 5.41) is 3.25. The second-order valence-electron chi connectivity index (χ2n) is 5.81. The summed E-state index contributed by atoms with van der Waals surface area (Å²) in [5.41, 5.74) is 0.839. The molecular weight excluding hydrogens is 272 g/mol. The van der Waals surface area contributed by atoms with Gasteiger partial charge in [-0.25, -0.2) is 13.1 Å². The van der Waals surface area contributed by atoms with Crippen LogP contribution >= 0.6 is 0 Å². The van der Waals surface area contributed by atoms with E-state index in [0.29, 0.717) is 4.90 Å². The van der Waals surface area contributed by atoms with Crippen LogP contribution in [-0.2, 0) is 16.4 Å². The molecule has 0 atom stereocenters. The van der Waals surface area contributed by atoms with Gasteiger partial charge in [0.25, 0.3) is 0 Å². The quantitative estimate of drug-likeness (QED) is 0.874. The Morgan fingerprint density at radius 3 is 2.35 bits per heavy atom. The molecule has 2 rings (SSSR count). The minimum Gasteiger partial charge on any atom is -0.317 e. The Balaban J connectivity index is 2.13. The summed E-state index contributed by atoms with van der Waals surface area (Å²) in [6.07, 6.45) is 3.69. The van der Waals surface area contributed by atoms with Gasteiger partial charge in [0.2, 0.25) is 10.0 Å². The van der Waals surface area contributed by atoms with Crippen LogP contribution in [0.15, 0.2) is 29.2 Å². The third-order valence-corrected chi connectivity index (χ3v) is 5.51. The molecule has 1 aromatic rings. The van der Waals surface area contributed by atoms with E-state index in [-0.39, 0.29) is 5.54 Å². The van der Waals surface area contributed by atoms with Crippen molar-refractivity contribution in [1.82, 2.24) is 10.0 Å². The summed E-state index contributed by atoms with van der Waals surface area (Å²) in [4.78, 5) is 0.358. The Hall–Kier alpha value is -0.910. The first-order valence-corrected chi connectivity index (χ1v) is 8.77. The fourth-order valence-corrected chi connectivity index (χ4v) is 4.05. The Labute approximate surface area is 122 Å². The second kappa shape index (κ2) is 6.24. The fourth-order valence-electron chi connectivity index (χ4n) is 2.59. The molecule has 0 spiro atoms. The molecule has 5 heteroatoms. The number of aryl methyl sites for hydroxylation is 1. The SMILES string of the molecule is CCCc1ccc(S(=O)(=O)NC2(C)CCNCC2)cc1. The first kappa shape index (κ1) is 15.5. The zero-order valence-corrected chi connectivity index (χ0v) is 13.1. The first-order valence-electron chi connectivity index (χ1n) is 7.29. The van der Waals surface area contributed by atoms with Crippen molar-refractivity contribution in [3.8, 4) is 0 Å². The average Bonchev–Trinajstić information content (AvgIpc) is 2.39. The van der Waals surface area contributed by atoms with Gasteiger partial charge < -0.3 is 5.32 Å². The van der Waals surface area contributed by atoms with Crippen molar-refractivity contribution < 1.29 is 8.42 Å². The lowest BCUT2D eigenvalue weighted by atomic mass is 9.92. The third kappa shape index (κ3) is 3.81. The molecule has 1 saturated heterocycles. The molecule has 112 valence electrons. The van der Waals surface area contributed by atoms with E-state index in [1.165, 1.54) is 5.56 Å². The van der Waals surface area contributed by atoms with Gasteiger partial charge in [0.05, 0.1) is 4.90 Å². The molecule has 1 aliphatic rings. The monoisotopic (exact) mass is 296 g/mol. The Morgan fingerprint density at radius 1 is 1.20 bits per heavy atom. The third-order valence-electron chi connectivity index (χ3n) is 3.86. The number of nitrogens with one attached hydrogen (secondary N) is 2. The number of benzene rings is 1. The van der Waals surface area contributed by atoms with Gasteiger partial charge in [-0.1, -0.05) is 25.5 Å². The maximum Gasteiger partial charge on any atom is 0.241 e. The van der Waals surface area contributed by atoms with Crippen molar-refractivity contribution in [2.45, 2.75) is 50.0 Å². The van der Waals surface area contributed by atoms with Gasteiger partial charge in [0.15, 0.2) is 0 Å². The summed E-state index contributed by atoms with van der Waals surface area (Å²) in [7, 11) is -3.43. The van der Waals surface area contributed by atoms with Gasteiger partial charge in [-0.05, 0) is 57.0 Å². The summed E-state index contributed by atoms with van der Waals surface area (Å²) in [5.74, 6) is 0. The van der Waals surface area contributed by atoms with Crippen LogP contribution in [0.4, 0.5) is 0 Å². The zero-order chi connectivity index (χ0) is 14.6. The molecule has 0 bridgehead atoms. The maximum absolute atomic E-state index is 12.4. The van der Waals surface area contributed by atoms with E-state index in [2.05, 4.69) is 17.0 Å². The van der Waals surface area contributed by atoms with Gasteiger partial charge >= 0.3 is 0 Å². The second-order valence-corrected chi connectivity index (χ2v) is 7.49. The molecule has 20 heavy (non-hydrogen) atoms. The predicted octanol–water partition coefficient (Wildman–Crippen LogP) is 2.06. The number of hydrogen-bond donors (Lipinski definition) is 2. The number of sulfonamides is 1. The minimum absolute atomic E-state index is 0.341. The van der Waals surface area contributed by atoms with Crippen LogP contribution in [0.2, 0.25) is 0 Å². The van der Waals surface area contributed by atoms with Gasteiger partial charge in [-0.2, -0.15) is 0 Å². The molecule has 0 amide bonds. The van der Waals surface area contributed by atoms with Crippen molar-refractivity contribution in [3.63, 3.8) is 0 Å². The standard InChI is InChI=1S/C15H24N2O2S/c1-3-4-13-5-7-14(8-6-13)20(18,19)17-15(2)9-11-16-12-10-15/h5-8,16-17H,3-4,9-12H2,1-2H3. The molecule has 2 N–H and O–H groups in total. The molecule has 1 aromatic carbocycles. The molecule has 1 aliphatic heterocycles. The molecule has 0 aromatic heterocycles. The van der Waals surface area contributed by atoms with Gasteiger partial charge in [0, 0.05) is 5.54 Å². The van der Waals surface area contributed by atoms with E-state index in [1.54, 1.807) is 12.1 Å². The van der Waals surface area contributed by atoms with E-state index in [0.717, 1.165) is 38.8 Å². The molecule has 0 saturated carbocycles. The predicted molar refractivity (Wildman–Crippen MR) is 81.3 cm³/mol. The van der Waals surface area contributed by atoms with Crippen LogP contribution in [0.5, 0.6) is 0 Å². The Kier molecular flexibility index (Phi) is 4.83. The summed E-state index contributed by atoms with van der Waals surface area (Å²) in [6, 6.07) is 7.22. The topological polar surface area (TPSA) is 58.2 Å². The molecule has 0 aliphatic carbocycles. The highest BCUT2D eigenvalue weighted by Gasteiger charge is 2.31. The lowest BCUT2D eigenvalue weighted by Gasteiger charge is -2.34. The van der Waals surface area contributed by atoms with Crippen LogP contribution in [-0.4, -0.2) is 27.0 Å². The van der Waals surface area contributed by atoms with Crippen molar-refractivity contribution in [1.29, 1.82) is 0 Å². The number of rotatable bonds is 5. The molecule has 4 nitrogen and oxygen atoms in total. The lowest BCUT2D eigenvalue weighted by molar-refractivity contribution is 0.308. The number of hydrogen-bond acceptors (Lipinski definition) is 3.